The number of nitrogens with zero attached hydrogens (tertiary/aromatic N) is 3. The van der Waals surface area contributed by atoms with Gasteiger partial charge in [-0.3, -0.25) is 28.8 Å². The number of nitrogens with one attached hydrogen (secondary N) is 3. The highest BCUT2D eigenvalue weighted by molar-refractivity contribution is 6.20. The zero-order valence-corrected chi connectivity index (χ0v) is 22.4. The third-order valence-electron chi connectivity index (χ3n) is 5.92. The summed E-state index contributed by atoms with van der Waals surface area (Å²) in [5.41, 5.74) is 0. The molecular weight excluding hydrogens is 477 g/mol. The molecule has 6 amide bonds. The van der Waals surface area contributed by atoms with E-state index in [2.05, 4.69) is 16.0 Å². The molecule has 0 saturated carbocycles. The summed E-state index contributed by atoms with van der Waals surface area (Å²) in [7, 11) is 17.8. The average molecular weight is 514 g/mol. The van der Waals surface area contributed by atoms with Gasteiger partial charge in [-0.2, -0.15) is 0 Å². The van der Waals surface area contributed by atoms with E-state index in [1.54, 1.807) is 20.8 Å². The Labute approximate surface area is 223 Å². The number of carbonyl (C=O) groups is 6. The van der Waals surface area contributed by atoms with E-state index in [9.17, 15) is 28.8 Å². The summed E-state index contributed by atoms with van der Waals surface area (Å²) >= 11 is 0. The van der Waals surface area contributed by atoms with Gasteiger partial charge < -0.3 is 30.7 Å². The zero-order chi connectivity index (χ0) is 28.7. The predicted molar refractivity (Wildman–Crippen MR) is 141 cm³/mol. The van der Waals surface area contributed by atoms with Gasteiger partial charge in [0.2, 0.25) is 35.4 Å². The van der Waals surface area contributed by atoms with Gasteiger partial charge in [0.15, 0.2) is 0 Å². The monoisotopic (exact) mass is 514 g/mol. The lowest BCUT2D eigenvalue weighted by atomic mass is 10.0. The maximum Gasteiger partial charge on any atom is 0.242 e. The Kier molecular flexibility index (Phi) is 16.1. The minimum Gasteiger partial charge on any atom is -0.357 e. The number of hydrogen-bond acceptors (Lipinski definition) is 6. The standard InChI is InChI=1S/C22H37B3N6O6/c1-6-29(17(32)11-23)15(3)21(36)27-8-10-31(19(34)13-25)16(4)22(37)28-7-9-30(18(33)12-24)14(2)20(35)26-5/h14-16H,6-13H2,1-5H3,(H,26,35)(H,27,36)(H,28,37). The highest BCUT2D eigenvalue weighted by Crippen LogP contribution is 2.05. The van der Waals surface area contributed by atoms with Crippen molar-refractivity contribution in [3.63, 3.8) is 0 Å². The molecule has 0 fully saturated rings. The summed E-state index contributed by atoms with van der Waals surface area (Å²) in [6.07, 6.45) is -0.871. The summed E-state index contributed by atoms with van der Waals surface area (Å²) in [4.78, 5) is 77.3. The van der Waals surface area contributed by atoms with Crippen molar-refractivity contribution in [2.75, 3.05) is 39.8 Å². The van der Waals surface area contributed by atoms with Crippen molar-refractivity contribution in [2.24, 2.45) is 0 Å². The topological polar surface area (TPSA) is 148 Å². The number of likely N-dealkylation sites (N-methyl/N-ethyl adjacent to an activating group) is 2. The molecule has 15 heteroatoms. The third-order valence-corrected chi connectivity index (χ3v) is 5.92. The van der Waals surface area contributed by atoms with Crippen LogP contribution in [-0.2, 0) is 28.8 Å². The van der Waals surface area contributed by atoms with Crippen LogP contribution in [-0.4, -0.2) is 132 Å². The van der Waals surface area contributed by atoms with Crippen LogP contribution in [0.2, 0.25) is 19.0 Å². The fourth-order valence-electron chi connectivity index (χ4n) is 3.61. The number of hydrogen-bond donors (Lipinski definition) is 3. The molecule has 0 aromatic heterocycles. The molecular formula is C22H37B3N6O6. The summed E-state index contributed by atoms with van der Waals surface area (Å²) in [5.74, 6) is -2.67. The van der Waals surface area contributed by atoms with Crippen molar-refractivity contribution >= 4 is 59.0 Å². The Morgan fingerprint density at radius 3 is 1.27 bits per heavy atom. The summed E-state index contributed by atoms with van der Waals surface area (Å²) in [6, 6.07) is -2.50. The van der Waals surface area contributed by atoms with Crippen LogP contribution in [0.4, 0.5) is 0 Å². The molecule has 0 aliphatic rings. The molecule has 6 radical (unpaired) electrons. The largest absolute Gasteiger partial charge is 0.357 e. The molecule has 0 rings (SSSR count). The predicted octanol–water partition coefficient (Wildman–Crippen LogP) is -2.60. The van der Waals surface area contributed by atoms with Crippen LogP contribution < -0.4 is 16.0 Å². The Morgan fingerprint density at radius 1 is 0.622 bits per heavy atom. The van der Waals surface area contributed by atoms with Crippen LogP contribution in [0.5, 0.6) is 0 Å². The molecule has 0 aliphatic carbocycles. The molecule has 0 aromatic rings. The molecule has 0 saturated heterocycles. The molecule has 3 atom stereocenters. The normalized spacial score (nSPS) is 12.9. The van der Waals surface area contributed by atoms with E-state index in [-0.39, 0.29) is 57.0 Å². The number of amides is 6. The number of rotatable bonds is 16. The van der Waals surface area contributed by atoms with Gasteiger partial charge in [0.25, 0.3) is 0 Å². The summed E-state index contributed by atoms with van der Waals surface area (Å²) < 4.78 is 0. The van der Waals surface area contributed by atoms with Gasteiger partial charge in [-0.25, -0.2) is 0 Å². The SMILES string of the molecule is [B]CC(=O)N(CCNC(=O)C(C)N(CCNC(=O)C(C)N(CC)C(=O)C[B])C(=O)C[B])C(C)C(=O)NC. The van der Waals surface area contributed by atoms with Crippen molar-refractivity contribution in [2.45, 2.75) is 64.8 Å². The maximum atomic E-state index is 12.7. The molecule has 12 nitrogen and oxygen atoms in total. The van der Waals surface area contributed by atoms with Crippen LogP contribution in [0, 0.1) is 0 Å². The van der Waals surface area contributed by atoms with Crippen LogP contribution in [0.1, 0.15) is 27.7 Å². The molecule has 0 bridgehead atoms. The van der Waals surface area contributed by atoms with Gasteiger partial charge in [-0.15, -0.1) is 0 Å². The second-order valence-electron chi connectivity index (χ2n) is 8.19. The molecule has 200 valence electrons. The lowest BCUT2D eigenvalue weighted by Crippen LogP contribution is -2.53. The van der Waals surface area contributed by atoms with Crippen molar-refractivity contribution in [3.05, 3.63) is 0 Å². The second kappa shape index (κ2) is 17.5. The summed E-state index contributed by atoms with van der Waals surface area (Å²) in [6.45, 7) is 6.68. The minimum absolute atomic E-state index is 0.00840. The lowest BCUT2D eigenvalue weighted by Gasteiger charge is -2.31. The van der Waals surface area contributed by atoms with Gasteiger partial charge in [0.05, 0.1) is 23.5 Å². The maximum absolute atomic E-state index is 12.7. The fourth-order valence-corrected chi connectivity index (χ4v) is 3.61. The molecule has 0 aliphatic heterocycles. The first-order valence-corrected chi connectivity index (χ1v) is 12.2. The van der Waals surface area contributed by atoms with Crippen LogP contribution in [0.3, 0.4) is 0 Å². The number of carbonyl (C=O) groups excluding carboxylic acids is 6. The lowest BCUT2D eigenvalue weighted by molar-refractivity contribution is -0.139. The Hall–Kier alpha value is -2.99. The average Bonchev–Trinajstić information content (AvgIpc) is 2.91. The molecule has 3 unspecified atom stereocenters. The third kappa shape index (κ3) is 10.5. The second-order valence-corrected chi connectivity index (χ2v) is 8.19. The van der Waals surface area contributed by atoms with Crippen LogP contribution >= 0.6 is 0 Å². The van der Waals surface area contributed by atoms with E-state index in [0.717, 1.165) is 0 Å². The van der Waals surface area contributed by atoms with Gasteiger partial charge in [0, 0.05) is 39.8 Å². The molecule has 0 spiro atoms. The van der Waals surface area contributed by atoms with E-state index in [1.165, 1.54) is 28.7 Å². The van der Waals surface area contributed by atoms with Gasteiger partial charge in [-0.1, -0.05) is 0 Å². The van der Waals surface area contributed by atoms with Crippen molar-refractivity contribution in [3.8, 4) is 0 Å². The van der Waals surface area contributed by atoms with E-state index in [1.807, 2.05) is 0 Å². The Bertz CT molecular complexity index is 818. The minimum atomic E-state index is -0.939. The first kappa shape index (κ1) is 34.0. The van der Waals surface area contributed by atoms with Crippen LogP contribution in [0.25, 0.3) is 0 Å². The van der Waals surface area contributed by atoms with Crippen molar-refractivity contribution < 1.29 is 28.8 Å². The Morgan fingerprint density at radius 2 is 0.946 bits per heavy atom. The van der Waals surface area contributed by atoms with Crippen molar-refractivity contribution in [1.29, 1.82) is 0 Å². The highest BCUT2D eigenvalue weighted by Gasteiger charge is 2.28. The summed E-state index contributed by atoms with van der Waals surface area (Å²) in [5, 5.41) is 7.75. The Balaban J connectivity index is 5.10. The van der Waals surface area contributed by atoms with Crippen LogP contribution in [0.15, 0.2) is 0 Å². The molecule has 37 heavy (non-hydrogen) atoms. The van der Waals surface area contributed by atoms with E-state index < -0.39 is 41.8 Å². The van der Waals surface area contributed by atoms with Crippen molar-refractivity contribution in [1.82, 2.24) is 30.7 Å². The van der Waals surface area contributed by atoms with Gasteiger partial charge >= 0.3 is 0 Å². The fraction of sp³-hybridized carbons (Fsp3) is 0.727. The van der Waals surface area contributed by atoms with Gasteiger partial charge in [0.1, 0.15) is 18.1 Å². The molecule has 0 heterocycles. The van der Waals surface area contributed by atoms with E-state index >= 15 is 0 Å². The van der Waals surface area contributed by atoms with E-state index in [4.69, 9.17) is 23.5 Å². The molecule has 0 aromatic carbocycles. The highest BCUT2D eigenvalue weighted by atomic mass is 16.2. The first-order chi connectivity index (χ1) is 17.4. The first-order valence-electron chi connectivity index (χ1n) is 12.2. The smallest absolute Gasteiger partial charge is 0.242 e. The van der Waals surface area contributed by atoms with Gasteiger partial charge in [-0.05, 0) is 46.7 Å². The molecule has 3 N–H and O–H groups in total. The quantitative estimate of drug-likeness (QED) is 0.193. The van der Waals surface area contributed by atoms with E-state index in [0.29, 0.717) is 6.54 Å². The zero-order valence-electron chi connectivity index (χ0n) is 22.4.